The van der Waals surface area contributed by atoms with E-state index in [1.54, 1.807) is 0 Å². The summed E-state index contributed by atoms with van der Waals surface area (Å²) < 4.78 is 5.42. The number of carbonyl (C=O) groups is 1. The number of aromatic nitrogens is 2. The third-order valence-electron chi connectivity index (χ3n) is 5.04. The summed E-state index contributed by atoms with van der Waals surface area (Å²) in [6, 6.07) is 9.60. The van der Waals surface area contributed by atoms with Crippen LogP contribution in [0.25, 0.3) is 0 Å². The molecule has 2 amide bonds. The second-order valence-electron chi connectivity index (χ2n) is 7.14. The Morgan fingerprint density at radius 3 is 2.85 bits per heavy atom. The van der Waals surface area contributed by atoms with Gasteiger partial charge in [0.25, 0.3) is 0 Å². The minimum absolute atomic E-state index is 0.171. The Balaban J connectivity index is 1.29. The maximum absolute atomic E-state index is 12.1. The van der Waals surface area contributed by atoms with Gasteiger partial charge in [0.2, 0.25) is 5.89 Å². The van der Waals surface area contributed by atoms with Crippen molar-refractivity contribution in [2.45, 2.75) is 50.6 Å². The molecule has 4 rings (SSSR count). The number of urea groups is 1. The number of hydrogen-bond acceptors (Lipinski definition) is 5. The van der Waals surface area contributed by atoms with Crippen molar-refractivity contribution in [3.05, 3.63) is 42.0 Å². The molecule has 0 spiro atoms. The first kappa shape index (κ1) is 17.0. The van der Waals surface area contributed by atoms with Crippen molar-refractivity contribution in [3.8, 4) is 0 Å². The quantitative estimate of drug-likeness (QED) is 0.832. The Bertz CT molecular complexity index is 729. The van der Waals surface area contributed by atoms with Gasteiger partial charge in [-0.3, -0.25) is 4.90 Å². The minimum Gasteiger partial charge on any atom is -0.338 e. The molecule has 1 aliphatic heterocycles. The van der Waals surface area contributed by atoms with E-state index in [2.05, 4.69) is 25.7 Å². The van der Waals surface area contributed by atoms with E-state index in [0.717, 1.165) is 30.9 Å². The van der Waals surface area contributed by atoms with Crippen molar-refractivity contribution in [1.29, 1.82) is 0 Å². The summed E-state index contributed by atoms with van der Waals surface area (Å²) in [5.74, 6) is 2.05. The Morgan fingerprint density at radius 1 is 1.19 bits per heavy atom. The molecule has 0 radical (unpaired) electrons. The molecule has 1 saturated carbocycles. The summed E-state index contributed by atoms with van der Waals surface area (Å²) in [4.78, 5) is 19.0. The number of nitrogens with one attached hydrogen (secondary N) is 2. The van der Waals surface area contributed by atoms with E-state index in [1.807, 2.05) is 30.3 Å². The lowest BCUT2D eigenvalue weighted by Crippen LogP contribution is -2.47. The molecule has 2 fully saturated rings. The lowest BCUT2D eigenvalue weighted by Gasteiger charge is -2.34. The van der Waals surface area contributed by atoms with Gasteiger partial charge in [-0.2, -0.15) is 4.98 Å². The fraction of sp³-hybridized carbons (Fsp3) is 0.526. The Kier molecular flexibility index (Phi) is 5.15. The molecule has 1 aromatic carbocycles. The van der Waals surface area contributed by atoms with Gasteiger partial charge in [-0.25, -0.2) is 4.79 Å². The van der Waals surface area contributed by atoms with Crippen molar-refractivity contribution >= 4 is 11.7 Å². The Morgan fingerprint density at radius 2 is 2.04 bits per heavy atom. The summed E-state index contributed by atoms with van der Waals surface area (Å²) in [5, 5.41) is 9.95. The lowest BCUT2D eigenvalue weighted by molar-refractivity contribution is 0.123. The second-order valence-corrected chi connectivity index (χ2v) is 7.14. The van der Waals surface area contributed by atoms with Crippen molar-refractivity contribution in [3.63, 3.8) is 0 Å². The second kappa shape index (κ2) is 7.86. The molecule has 1 atom stereocenters. The largest absolute Gasteiger partial charge is 0.338 e. The first-order chi connectivity index (χ1) is 12.8. The molecule has 1 aliphatic carbocycles. The average Bonchev–Trinajstić information content (AvgIpc) is 3.41. The minimum atomic E-state index is -0.171. The molecule has 2 aromatic rings. The normalized spacial score (nSPS) is 20.7. The van der Waals surface area contributed by atoms with Crippen molar-refractivity contribution < 1.29 is 9.32 Å². The zero-order valence-corrected chi connectivity index (χ0v) is 14.9. The summed E-state index contributed by atoms with van der Waals surface area (Å²) in [5.41, 5.74) is 0.795. The van der Waals surface area contributed by atoms with E-state index in [4.69, 9.17) is 4.52 Å². The maximum atomic E-state index is 12.1. The molecule has 2 aliphatic rings. The Labute approximate surface area is 153 Å². The zero-order valence-electron chi connectivity index (χ0n) is 14.9. The molecule has 1 unspecified atom stereocenters. The highest BCUT2D eigenvalue weighted by atomic mass is 16.5. The molecular weight excluding hydrogens is 330 g/mol. The van der Waals surface area contributed by atoms with Crippen LogP contribution in [0, 0.1) is 0 Å². The van der Waals surface area contributed by atoms with Crippen LogP contribution in [0.15, 0.2) is 34.9 Å². The van der Waals surface area contributed by atoms with E-state index in [1.165, 1.54) is 19.3 Å². The molecule has 2 N–H and O–H groups in total. The van der Waals surface area contributed by atoms with Gasteiger partial charge in [-0.05, 0) is 44.4 Å². The van der Waals surface area contributed by atoms with Crippen LogP contribution in [-0.2, 0) is 6.54 Å². The van der Waals surface area contributed by atoms with Gasteiger partial charge in [0, 0.05) is 24.2 Å². The molecular formula is C19H25N5O2. The molecule has 1 aromatic heterocycles. The number of likely N-dealkylation sites (tertiary alicyclic amines) is 1. The number of hydrogen-bond donors (Lipinski definition) is 2. The van der Waals surface area contributed by atoms with Gasteiger partial charge >= 0.3 is 6.03 Å². The van der Waals surface area contributed by atoms with Gasteiger partial charge in [0.1, 0.15) is 0 Å². The van der Waals surface area contributed by atoms with Gasteiger partial charge in [-0.1, -0.05) is 29.8 Å². The number of para-hydroxylation sites is 1. The summed E-state index contributed by atoms with van der Waals surface area (Å²) in [7, 11) is 0. The molecule has 1 saturated heterocycles. The lowest BCUT2D eigenvalue weighted by atomic mass is 10.0. The van der Waals surface area contributed by atoms with Crippen molar-refractivity contribution in [1.82, 2.24) is 20.4 Å². The van der Waals surface area contributed by atoms with Crippen LogP contribution >= 0.6 is 0 Å². The molecule has 7 nitrogen and oxygen atoms in total. The van der Waals surface area contributed by atoms with Crippen molar-refractivity contribution in [2.75, 3.05) is 18.4 Å². The van der Waals surface area contributed by atoms with E-state index in [0.29, 0.717) is 30.9 Å². The van der Waals surface area contributed by atoms with Crippen LogP contribution in [0.2, 0.25) is 0 Å². The Hall–Kier alpha value is -2.41. The molecule has 0 bridgehead atoms. The standard InChI is InChI=1S/C19H25N5O2/c25-19(21-15-6-2-1-3-7-15)20-12-16-8-4-5-11-24(16)13-17-22-18(23-26-17)14-9-10-14/h1-3,6-7,14,16H,4-5,8-13H2,(H2,20,21,25). The van der Waals surface area contributed by atoms with Crippen LogP contribution in [0.4, 0.5) is 10.5 Å². The fourth-order valence-electron chi connectivity index (χ4n) is 3.42. The predicted octanol–water partition coefficient (Wildman–Crippen LogP) is 3.12. The third-order valence-corrected chi connectivity index (χ3v) is 5.04. The van der Waals surface area contributed by atoms with Crippen LogP contribution < -0.4 is 10.6 Å². The van der Waals surface area contributed by atoms with E-state index < -0.39 is 0 Å². The van der Waals surface area contributed by atoms with E-state index in [9.17, 15) is 4.79 Å². The number of piperidine rings is 1. The van der Waals surface area contributed by atoms with Crippen molar-refractivity contribution in [2.24, 2.45) is 0 Å². The topological polar surface area (TPSA) is 83.3 Å². The fourth-order valence-corrected chi connectivity index (χ4v) is 3.42. The number of nitrogens with zero attached hydrogens (tertiary/aromatic N) is 3. The van der Waals surface area contributed by atoms with Crippen LogP contribution in [0.1, 0.15) is 49.7 Å². The maximum Gasteiger partial charge on any atom is 0.319 e. The summed E-state index contributed by atoms with van der Waals surface area (Å²) in [6.07, 6.45) is 5.75. The number of anilines is 1. The number of amides is 2. The smallest absolute Gasteiger partial charge is 0.319 e. The first-order valence-corrected chi connectivity index (χ1v) is 9.44. The zero-order chi connectivity index (χ0) is 17.8. The number of carbonyl (C=O) groups excluding carboxylic acids is 1. The van der Waals surface area contributed by atoms with Crippen LogP contribution in [-0.4, -0.2) is 40.2 Å². The van der Waals surface area contributed by atoms with Gasteiger partial charge in [-0.15, -0.1) is 0 Å². The highest BCUT2D eigenvalue weighted by molar-refractivity contribution is 5.89. The highest BCUT2D eigenvalue weighted by Crippen LogP contribution is 2.38. The molecule has 2 heterocycles. The average molecular weight is 355 g/mol. The summed E-state index contributed by atoms with van der Waals surface area (Å²) in [6.45, 7) is 2.27. The summed E-state index contributed by atoms with van der Waals surface area (Å²) >= 11 is 0. The van der Waals surface area contributed by atoms with Gasteiger partial charge in [0.15, 0.2) is 5.82 Å². The molecule has 26 heavy (non-hydrogen) atoms. The molecule has 7 heteroatoms. The van der Waals surface area contributed by atoms with Crippen LogP contribution in [0.3, 0.4) is 0 Å². The highest BCUT2D eigenvalue weighted by Gasteiger charge is 2.30. The first-order valence-electron chi connectivity index (χ1n) is 9.44. The third kappa shape index (κ3) is 4.40. The predicted molar refractivity (Wildman–Crippen MR) is 97.8 cm³/mol. The SMILES string of the molecule is O=C(NCC1CCCCN1Cc1nc(C2CC2)no1)Nc1ccccc1. The van der Waals surface area contributed by atoms with E-state index >= 15 is 0 Å². The van der Waals surface area contributed by atoms with Crippen LogP contribution in [0.5, 0.6) is 0 Å². The van der Waals surface area contributed by atoms with Gasteiger partial charge in [0.05, 0.1) is 6.54 Å². The number of benzene rings is 1. The van der Waals surface area contributed by atoms with Gasteiger partial charge < -0.3 is 15.2 Å². The van der Waals surface area contributed by atoms with E-state index in [-0.39, 0.29) is 6.03 Å². The molecule has 138 valence electrons. The monoisotopic (exact) mass is 355 g/mol. The number of rotatable bonds is 6.